The van der Waals surface area contributed by atoms with E-state index < -0.39 is 5.60 Å². The highest BCUT2D eigenvalue weighted by Gasteiger charge is 2.28. The maximum absolute atomic E-state index is 12.4. The molecule has 5 nitrogen and oxygen atoms in total. The van der Waals surface area contributed by atoms with Gasteiger partial charge in [0, 0.05) is 31.4 Å². The summed E-state index contributed by atoms with van der Waals surface area (Å²) >= 11 is 7.43. The molecule has 1 aromatic rings. The molecule has 0 spiro atoms. The van der Waals surface area contributed by atoms with E-state index in [1.165, 1.54) is 11.3 Å². The van der Waals surface area contributed by atoms with E-state index in [1.54, 1.807) is 9.80 Å². The summed E-state index contributed by atoms with van der Waals surface area (Å²) in [4.78, 5) is 29.1. The number of hydrogen-bond donors (Lipinski definition) is 0. The molecule has 1 aliphatic heterocycles. The van der Waals surface area contributed by atoms with Crippen LogP contribution in [-0.2, 0) is 16.1 Å². The summed E-state index contributed by atoms with van der Waals surface area (Å²) in [6.07, 6.45) is 1.94. The molecule has 0 bridgehead atoms. The zero-order chi connectivity index (χ0) is 18.6. The minimum absolute atomic E-state index is 0.139. The standard InChI is InChI=1S/C18H27ClN2O3S/c1-18(2,3)24-17(23)21-9-7-13(8-10-21)11-16(22)20(4)12-14-5-6-15(19)25-14/h5-6,13H,7-12H2,1-4H3. The number of halogens is 1. The molecule has 1 aliphatic rings. The van der Waals surface area contributed by atoms with Gasteiger partial charge in [0.2, 0.25) is 5.91 Å². The van der Waals surface area contributed by atoms with Crippen molar-refractivity contribution in [1.29, 1.82) is 0 Å². The topological polar surface area (TPSA) is 49.9 Å². The lowest BCUT2D eigenvalue weighted by atomic mass is 9.93. The van der Waals surface area contributed by atoms with Gasteiger partial charge in [0.25, 0.3) is 0 Å². The van der Waals surface area contributed by atoms with Crippen LogP contribution in [0.5, 0.6) is 0 Å². The lowest BCUT2D eigenvalue weighted by molar-refractivity contribution is -0.131. The molecule has 1 aromatic heterocycles. The molecule has 7 heteroatoms. The second-order valence-corrected chi connectivity index (χ2v) is 9.37. The number of likely N-dealkylation sites (tertiary alicyclic amines) is 1. The van der Waals surface area contributed by atoms with Crippen LogP contribution in [-0.4, -0.2) is 47.5 Å². The van der Waals surface area contributed by atoms with Crippen molar-refractivity contribution in [2.75, 3.05) is 20.1 Å². The highest BCUT2D eigenvalue weighted by molar-refractivity contribution is 7.16. The molecule has 140 valence electrons. The van der Waals surface area contributed by atoms with Crippen molar-refractivity contribution in [3.8, 4) is 0 Å². The van der Waals surface area contributed by atoms with E-state index in [0.717, 1.165) is 22.1 Å². The van der Waals surface area contributed by atoms with Crippen LogP contribution in [0.2, 0.25) is 4.34 Å². The fraction of sp³-hybridized carbons (Fsp3) is 0.667. The molecular formula is C18H27ClN2O3S. The number of carbonyl (C=O) groups excluding carboxylic acids is 2. The summed E-state index contributed by atoms with van der Waals surface area (Å²) < 4.78 is 6.14. The van der Waals surface area contributed by atoms with Gasteiger partial charge in [-0.25, -0.2) is 4.79 Å². The van der Waals surface area contributed by atoms with Crippen molar-refractivity contribution in [2.45, 2.75) is 52.2 Å². The second-order valence-electron chi connectivity index (χ2n) is 7.57. The summed E-state index contributed by atoms with van der Waals surface area (Å²) in [6, 6.07) is 3.81. The average Bonchev–Trinajstić information content (AvgIpc) is 2.91. The Kier molecular flexibility index (Phi) is 6.74. The lowest BCUT2D eigenvalue weighted by Gasteiger charge is -2.33. The van der Waals surface area contributed by atoms with Gasteiger partial charge in [-0.05, 0) is 51.7 Å². The number of rotatable bonds is 4. The van der Waals surface area contributed by atoms with Crippen molar-refractivity contribution in [2.24, 2.45) is 5.92 Å². The van der Waals surface area contributed by atoms with Crippen LogP contribution in [0.4, 0.5) is 4.79 Å². The molecule has 25 heavy (non-hydrogen) atoms. The molecule has 2 amide bonds. The maximum atomic E-state index is 12.4. The van der Waals surface area contributed by atoms with E-state index in [1.807, 2.05) is 40.0 Å². The zero-order valence-corrected chi connectivity index (χ0v) is 17.0. The van der Waals surface area contributed by atoms with E-state index in [9.17, 15) is 9.59 Å². The first-order valence-corrected chi connectivity index (χ1v) is 9.79. The number of hydrogen-bond acceptors (Lipinski definition) is 4. The van der Waals surface area contributed by atoms with Gasteiger partial charge in [0.15, 0.2) is 0 Å². The van der Waals surface area contributed by atoms with Crippen molar-refractivity contribution in [3.05, 3.63) is 21.3 Å². The van der Waals surface area contributed by atoms with E-state index in [-0.39, 0.29) is 12.0 Å². The van der Waals surface area contributed by atoms with Crippen molar-refractivity contribution in [3.63, 3.8) is 0 Å². The highest BCUT2D eigenvalue weighted by atomic mass is 35.5. The first kappa shape index (κ1) is 20.0. The SMILES string of the molecule is CN(Cc1ccc(Cl)s1)C(=O)CC1CCN(C(=O)OC(C)(C)C)CC1. The molecule has 0 radical (unpaired) electrons. The van der Waals surface area contributed by atoms with Gasteiger partial charge in [-0.3, -0.25) is 4.79 Å². The zero-order valence-electron chi connectivity index (χ0n) is 15.4. The minimum atomic E-state index is -0.475. The van der Waals surface area contributed by atoms with E-state index in [2.05, 4.69) is 0 Å². The normalized spacial score (nSPS) is 16.0. The molecule has 2 heterocycles. The molecule has 0 saturated carbocycles. The average molecular weight is 387 g/mol. The summed E-state index contributed by atoms with van der Waals surface area (Å²) in [5, 5.41) is 0. The van der Waals surface area contributed by atoms with Crippen LogP contribution in [0.1, 0.15) is 44.9 Å². The number of piperidine rings is 1. The minimum Gasteiger partial charge on any atom is -0.444 e. The molecule has 0 atom stereocenters. The first-order chi connectivity index (χ1) is 11.6. The summed E-state index contributed by atoms with van der Waals surface area (Å²) in [5.41, 5.74) is -0.475. The Morgan fingerprint density at radius 3 is 2.48 bits per heavy atom. The number of ether oxygens (including phenoxy) is 1. The fourth-order valence-corrected chi connectivity index (χ4v) is 3.95. The fourth-order valence-electron chi connectivity index (χ4n) is 2.81. The third-order valence-corrected chi connectivity index (χ3v) is 5.39. The Balaban J connectivity index is 1.75. The van der Waals surface area contributed by atoms with Crippen LogP contribution in [0, 0.1) is 5.92 Å². The number of carbonyl (C=O) groups is 2. The molecule has 0 N–H and O–H groups in total. The van der Waals surface area contributed by atoms with E-state index in [0.29, 0.717) is 32.0 Å². The van der Waals surface area contributed by atoms with Crippen LogP contribution in [0.15, 0.2) is 12.1 Å². The highest BCUT2D eigenvalue weighted by Crippen LogP contribution is 2.25. The first-order valence-electron chi connectivity index (χ1n) is 8.60. The Hall–Kier alpha value is -1.27. The second kappa shape index (κ2) is 8.41. The Morgan fingerprint density at radius 2 is 1.96 bits per heavy atom. The van der Waals surface area contributed by atoms with Crippen LogP contribution in [0.3, 0.4) is 0 Å². The quantitative estimate of drug-likeness (QED) is 0.770. The molecule has 0 unspecified atom stereocenters. The van der Waals surface area contributed by atoms with Gasteiger partial charge >= 0.3 is 6.09 Å². The molecule has 1 saturated heterocycles. The van der Waals surface area contributed by atoms with Crippen LogP contribution < -0.4 is 0 Å². The molecule has 0 aromatic carbocycles. The number of amides is 2. The lowest BCUT2D eigenvalue weighted by Crippen LogP contribution is -2.42. The van der Waals surface area contributed by atoms with Gasteiger partial charge in [-0.15, -0.1) is 11.3 Å². The summed E-state index contributed by atoms with van der Waals surface area (Å²) in [5.74, 6) is 0.459. The molecule has 0 aliphatic carbocycles. The van der Waals surface area contributed by atoms with Gasteiger partial charge in [-0.1, -0.05) is 11.6 Å². The van der Waals surface area contributed by atoms with Crippen molar-refractivity contribution in [1.82, 2.24) is 9.80 Å². The predicted octanol–water partition coefficient (Wildman–Crippen LogP) is 4.40. The van der Waals surface area contributed by atoms with Crippen molar-refractivity contribution >= 4 is 34.9 Å². The Bertz CT molecular complexity index is 604. The molecule has 2 rings (SSSR count). The molecular weight excluding hydrogens is 360 g/mol. The van der Waals surface area contributed by atoms with Crippen LogP contribution >= 0.6 is 22.9 Å². The predicted molar refractivity (Wildman–Crippen MR) is 101 cm³/mol. The van der Waals surface area contributed by atoms with E-state index >= 15 is 0 Å². The molecule has 1 fully saturated rings. The third kappa shape index (κ3) is 6.51. The smallest absolute Gasteiger partial charge is 0.410 e. The third-order valence-electron chi connectivity index (χ3n) is 4.18. The number of nitrogens with zero attached hydrogens (tertiary/aromatic N) is 2. The van der Waals surface area contributed by atoms with Crippen molar-refractivity contribution < 1.29 is 14.3 Å². The van der Waals surface area contributed by atoms with Gasteiger partial charge in [-0.2, -0.15) is 0 Å². The summed E-state index contributed by atoms with van der Waals surface area (Å²) in [6.45, 7) is 7.49. The monoisotopic (exact) mass is 386 g/mol. The van der Waals surface area contributed by atoms with Gasteiger partial charge in [0.05, 0.1) is 10.9 Å². The van der Waals surface area contributed by atoms with Crippen LogP contribution in [0.25, 0.3) is 0 Å². The largest absolute Gasteiger partial charge is 0.444 e. The number of thiophene rings is 1. The Labute approximate surface area is 158 Å². The summed E-state index contributed by atoms with van der Waals surface area (Å²) in [7, 11) is 1.83. The van der Waals surface area contributed by atoms with Gasteiger partial charge < -0.3 is 14.5 Å². The van der Waals surface area contributed by atoms with E-state index in [4.69, 9.17) is 16.3 Å². The Morgan fingerprint density at radius 1 is 1.32 bits per heavy atom. The van der Waals surface area contributed by atoms with Gasteiger partial charge in [0.1, 0.15) is 5.60 Å². The maximum Gasteiger partial charge on any atom is 0.410 e.